The van der Waals surface area contributed by atoms with Gasteiger partial charge in [-0.05, 0) is 0 Å². The van der Waals surface area contributed by atoms with Crippen molar-refractivity contribution >= 4 is 23.6 Å². The zero-order valence-electron chi connectivity index (χ0n) is 28.3. The molecule has 0 saturated heterocycles. The summed E-state index contributed by atoms with van der Waals surface area (Å²) in [6, 6.07) is 14.3. The molecular weight excluding hydrogens is 663 g/mol. The van der Waals surface area contributed by atoms with Gasteiger partial charge in [0.2, 0.25) is 0 Å². The summed E-state index contributed by atoms with van der Waals surface area (Å²) in [5.41, 5.74) is 12.9. The molecule has 0 amide bonds. The Morgan fingerprint density at radius 1 is 0.477 bits per heavy atom. The van der Waals surface area contributed by atoms with E-state index in [9.17, 15) is 0 Å². The van der Waals surface area contributed by atoms with Crippen molar-refractivity contribution in [2.24, 2.45) is 0 Å². The molecule has 4 rings (SSSR count). The molecule has 3 aromatic carbocycles. The van der Waals surface area contributed by atoms with E-state index >= 15 is 0 Å². The number of rotatable bonds is 7. The Morgan fingerprint density at radius 2 is 0.727 bits per heavy atom. The molecule has 0 aromatic heterocycles. The zero-order valence-corrected chi connectivity index (χ0v) is 33.2. The molecule has 0 bridgehead atoms. The van der Waals surface area contributed by atoms with E-state index < -0.39 is 8.07 Å². The first kappa shape index (κ1) is 40.4. The second-order valence-corrected chi connectivity index (χ2v) is 17.8. The minimum absolute atomic E-state index is 0. The van der Waals surface area contributed by atoms with E-state index in [0.717, 1.165) is 17.2 Å². The standard InChI is InChI=1S/C36H45O3Si.3ClH.Ti/c1-20-14-30(17-33(37-11)23(20)4)40(36-28(9)26(7)27(8)29(36)10,31-15-21(2)24(5)34(18-31)38-12)32-16-22(3)25(6)35(19-32)39-13;;;;/h14-19H,1-13H3;3*1H;/q;;;;+3/p-3. The average molecular weight is 708 g/mol. The van der Waals surface area contributed by atoms with Crippen LogP contribution < -0.4 is 67.0 Å². The molecule has 0 N–H and O–H groups in total. The van der Waals surface area contributed by atoms with Crippen molar-refractivity contribution in [2.75, 3.05) is 21.3 Å². The summed E-state index contributed by atoms with van der Waals surface area (Å²) < 4.78 is 17.9. The fourth-order valence-corrected chi connectivity index (χ4v) is 15.6. The molecule has 0 unspecified atom stereocenters. The number of hydrogen-bond acceptors (Lipinski definition) is 3. The summed E-state index contributed by atoms with van der Waals surface area (Å²) >= 11 is 2.49. The Kier molecular flexibility index (Phi) is 13.6. The Morgan fingerprint density at radius 3 is 0.955 bits per heavy atom. The van der Waals surface area contributed by atoms with E-state index in [2.05, 4.69) is 126 Å². The van der Waals surface area contributed by atoms with Crippen molar-refractivity contribution in [1.82, 2.24) is 0 Å². The fourth-order valence-electron chi connectivity index (χ4n) is 6.88. The van der Waals surface area contributed by atoms with Crippen molar-refractivity contribution in [3.8, 4) is 17.2 Å². The smallest absolute Gasteiger partial charge is 1.00 e. The molecule has 0 saturated carbocycles. The van der Waals surface area contributed by atoms with Crippen LogP contribution in [0.2, 0.25) is 3.34 Å². The number of ether oxygens (including phenoxy) is 3. The van der Waals surface area contributed by atoms with E-state index in [1.807, 2.05) is 0 Å². The first-order valence-corrected chi connectivity index (χ1v) is 17.1. The maximum atomic E-state index is 6.05. The van der Waals surface area contributed by atoms with Gasteiger partial charge >= 0.3 is 262 Å². The maximum absolute atomic E-state index is 6.05. The summed E-state index contributed by atoms with van der Waals surface area (Å²) in [4.78, 5) is 0. The van der Waals surface area contributed by atoms with Crippen LogP contribution in [0.25, 0.3) is 0 Å². The molecule has 1 aliphatic rings. The predicted molar refractivity (Wildman–Crippen MR) is 172 cm³/mol. The van der Waals surface area contributed by atoms with Crippen molar-refractivity contribution in [3.63, 3.8) is 0 Å². The number of hydrogen-bond donors (Lipinski definition) is 0. The van der Waals surface area contributed by atoms with Gasteiger partial charge < -0.3 is 37.2 Å². The molecule has 3 nitrogen and oxygen atoms in total. The minimum Gasteiger partial charge on any atom is -1.00 e. The molecule has 0 heterocycles. The third-order valence-electron chi connectivity index (χ3n) is 10.2. The van der Waals surface area contributed by atoms with Gasteiger partial charge in [-0.15, -0.1) is 0 Å². The monoisotopic (exact) mass is 706 g/mol. The van der Waals surface area contributed by atoms with Crippen molar-refractivity contribution in [1.29, 1.82) is 0 Å². The summed E-state index contributed by atoms with van der Waals surface area (Å²) in [5, 5.41) is 3.99. The van der Waals surface area contributed by atoms with E-state index in [1.54, 1.807) is 21.3 Å². The Hall–Kier alpha value is -1.66. The minimum atomic E-state index is -2.99. The van der Waals surface area contributed by atoms with Crippen LogP contribution in [-0.2, 0) is 20.4 Å². The van der Waals surface area contributed by atoms with Crippen LogP contribution in [0.1, 0.15) is 61.1 Å². The molecule has 0 radical (unpaired) electrons. The summed E-state index contributed by atoms with van der Waals surface area (Å²) in [7, 11) is 2.37. The summed E-state index contributed by atoms with van der Waals surface area (Å²) in [6.07, 6.45) is 0. The van der Waals surface area contributed by atoms with Gasteiger partial charge in [0.25, 0.3) is 0 Å². The Labute approximate surface area is 296 Å². The van der Waals surface area contributed by atoms with Gasteiger partial charge in [0.15, 0.2) is 0 Å². The zero-order chi connectivity index (χ0) is 30.6. The number of allylic oxidation sites excluding steroid dienone is 4. The van der Waals surface area contributed by atoms with E-state index in [4.69, 9.17) is 14.2 Å². The van der Waals surface area contributed by atoms with Crippen LogP contribution in [0.4, 0.5) is 0 Å². The average Bonchev–Trinajstić information content (AvgIpc) is 3.09. The van der Waals surface area contributed by atoms with Crippen molar-refractivity contribution in [3.05, 3.63) is 92.1 Å². The molecule has 236 valence electrons. The second kappa shape index (κ2) is 14.8. The van der Waals surface area contributed by atoms with Crippen LogP contribution in [0.3, 0.4) is 0 Å². The molecule has 0 aliphatic heterocycles. The molecule has 8 heteroatoms. The molecule has 1 aliphatic carbocycles. The third kappa shape index (κ3) is 5.85. The van der Waals surface area contributed by atoms with Crippen LogP contribution in [0.5, 0.6) is 17.2 Å². The van der Waals surface area contributed by atoms with Gasteiger partial charge in [0, 0.05) is 0 Å². The molecule has 0 spiro atoms. The number of methoxy groups -OCH3 is 3. The Balaban J connectivity index is 0.00000323. The third-order valence-corrected chi connectivity index (χ3v) is 18.5. The SMILES string of the molecule is COc1cc([Si](c2cc(C)c(C)c(OC)c2)(c2cc(C)c(C)c(OC)c2)[C]2([Ti+3])C(C)=C(C)C(C)=C2C)cc(C)c1C.[Cl-].[Cl-].[Cl-]. The molecule has 3 aromatic rings. The quantitative estimate of drug-likeness (QED) is 0.210. The van der Waals surface area contributed by atoms with Gasteiger partial charge in [-0.3, -0.25) is 0 Å². The van der Waals surface area contributed by atoms with Crippen molar-refractivity contribution in [2.45, 2.75) is 72.6 Å². The molecule has 0 atom stereocenters. The first-order valence-electron chi connectivity index (χ1n) is 14.3. The van der Waals surface area contributed by atoms with E-state index in [1.165, 1.54) is 71.2 Å². The summed E-state index contributed by atoms with van der Waals surface area (Å²) in [6.45, 7) is 22.4. The largest absolute Gasteiger partial charge is 1.00 e. The van der Waals surface area contributed by atoms with Crippen LogP contribution in [0.15, 0.2) is 58.7 Å². The van der Waals surface area contributed by atoms with E-state index in [-0.39, 0.29) is 40.6 Å². The second-order valence-electron chi connectivity index (χ2n) is 11.9. The van der Waals surface area contributed by atoms with Crippen LogP contribution in [0, 0.1) is 41.5 Å². The van der Waals surface area contributed by atoms with Gasteiger partial charge in [-0.25, -0.2) is 0 Å². The Bertz CT molecular complexity index is 1460. The van der Waals surface area contributed by atoms with Gasteiger partial charge in [0.1, 0.15) is 0 Å². The van der Waals surface area contributed by atoms with Gasteiger partial charge in [-0.2, -0.15) is 0 Å². The van der Waals surface area contributed by atoms with E-state index in [0.29, 0.717) is 0 Å². The number of benzene rings is 3. The molecular formula is C36H45Cl3O3SiTi. The number of halogens is 3. The van der Waals surface area contributed by atoms with Crippen molar-refractivity contribution < 1.29 is 71.9 Å². The van der Waals surface area contributed by atoms with Crippen LogP contribution in [-0.4, -0.2) is 29.4 Å². The van der Waals surface area contributed by atoms with Gasteiger partial charge in [-0.1, -0.05) is 0 Å². The predicted octanol–water partition coefficient (Wildman–Crippen LogP) is -2.02. The topological polar surface area (TPSA) is 27.7 Å². The molecule has 44 heavy (non-hydrogen) atoms. The summed E-state index contributed by atoms with van der Waals surface area (Å²) in [5.74, 6) is 2.80. The van der Waals surface area contributed by atoms with Gasteiger partial charge in [0.05, 0.1) is 0 Å². The molecule has 0 fully saturated rings. The maximum Gasteiger partial charge on any atom is -1.00 e. The van der Waals surface area contributed by atoms with Crippen LogP contribution >= 0.6 is 0 Å². The fraction of sp³-hybridized carbons (Fsp3) is 0.389. The first-order chi connectivity index (χ1) is 19.2. The normalized spacial score (nSPS) is 14.1. The number of aryl methyl sites for hydroxylation is 3.